The summed E-state index contributed by atoms with van der Waals surface area (Å²) in [5.41, 5.74) is 6.18. The van der Waals surface area contributed by atoms with Crippen molar-refractivity contribution in [3.05, 3.63) is 89.7 Å². The van der Waals surface area contributed by atoms with Gasteiger partial charge in [-0.05, 0) is 90.0 Å². The summed E-state index contributed by atoms with van der Waals surface area (Å²) in [6, 6.07) is 27.7. The molecule has 0 unspecified atom stereocenters. The SMILES string of the molecule is Clc1nc(-c2ccc(-c3ccccc3)cc2)nc(-c2ccc(C34CC5CC(CC(C5)C3)C4)cc2)n1. The quantitative estimate of drug-likeness (QED) is 0.299. The lowest BCUT2D eigenvalue weighted by Gasteiger charge is -2.57. The highest BCUT2D eigenvalue weighted by Gasteiger charge is 2.51. The van der Waals surface area contributed by atoms with E-state index in [4.69, 9.17) is 16.6 Å². The molecular weight excluding hydrogens is 450 g/mol. The van der Waals surface area contributed by atoms with Crippen LogP contribution in [0.1, 0.15) is 44.1 Å². The van der Waals surface area contributed by atoms with E-state index in [0.717, 1.165) is 34.4 Å². The maximum atomic E-state index is 6.36. The molecule has 0 radical (unpaired) electrons. The van der Waals surface area contributed by atoms with Crippen molar-refractivity contribution in [3.8, 4) is 33.9 Å². The van der Waals surface area contributed by atoms with Crippen LogP contribution in [0.2, 0.25) is 5.28 Å². The third-order valence-electron chi connectivity index (χ3n) is 8.65. The Balaban J connectivity index is 1.17. The van der Waals surface area contributed by atoms with Gasteiger partial charge in [-0.2, -0.15) is 9.97 Å². The molecule has 0 spiro atoms. The van der Waals surface area contributed by atoms with Gasteiger partial charge in [-0.15, -0.1) is 0 Å². The maximum absolute atomic E-state index is 6.36. The number of benzene rings is 3. The predicted octanol–water partition coefficient (Wildman–Crippen LogP) is 7.99. The number of nitrogens with zero attached hydrogens (tertiary/aromatic N) is 3. The average Bonchev–Trinajstić information content (AvgIpc) is 2.88. The van der Waals surface area contributed by atoms with Crippen molar-refractivity contribution < 1.29 is 0 Å². The average molecular weight is 478 g/mol. The summed E-state index contributed by atoms with van der Waals surface area (Å²) in [5, 5.41) is 0.224. The van der Waals surface area contributed by atoms with Gasteiger partial charge in [0.25, 0.3) is 0 Å². The topological polar surface area (TPSA) is 38.7 Å². The Morgan fingerprint density at radius 2 is 1.00 bits per heavy atom. The van der Waals surface area contributed by atoms with Crippen LogP contribution < -0.4 is 0 Å². The van der Waals surface area contributed by atoms with Gasteiger partial charge in [-0.1, -0.05) is 78.9 Å². The first kappa shape index (κ1) is 21.3. The molecule has 4 bridgehead atoms. The standard InChI is InChI=1S/C31H28ClN3/c32-30-34-28(25-8-6-24(7-9-25)23-4-2-1-3-5-23)33-29(35-30)26-10-12-27(13-11-26)31-17-20-14-21(18-31)16-22(15-20)19-31/h1-13,20-22H,14-19H2. The molecule has 0 aliphatic heterocycles. The number of hydrogen-bond donors (Lipinski definition) is 0. The Bertz CT molecular complexity index is 1330. The zero-order valence-electron chi connectivity index (χ0n) is 19.7. The van der Waals surface area contributed by atoms with E-state index < -0.39 is 0 Å². The number of aromatic nitrogens is 3. The number of halogens is 1. The lowest BCUT2D eigenvalue weighted by molar-refractivity contribution is -0.00518. The molecule has 4 heteroatoms. The fourth-order valence-electron chi connectivity index (χ4n) is 7.49. The van der Waals surface area contributed by atoms with Gasteiger partial charge in [0.15, 0.2) is 11.6 Å². The third kappa shape index (κ3) is 3.87. The Kier molecular flexibility index (Phi) is 5.02. The van der Waals surface area contributed by atoms with E-state index in [1.807, 2.05) is 18.2 Å². The molecule has 0 amide bonds. The second kappa shape index (κ2) is 8.27. The lowest BCUT2D eigenvalue weighted by Crippen LogP contribution is -2.48. The van der Waals surface area contributed by atoms with Crippen molar-refractivity contribution in [2.24, 2.45) is 17.8 Å². The molecule has 1 aromatic heterocycles. The fraction of sp³-hybridized carbons (Fsp3) is 0.323. The van der Waals surface area contributed by atoms with Crippen LogP contribution in [0.25, 0.3) is 33.9 Å². The largest absolute Gasteiger partial charge is 0.226 e. The lowest BCUT2D eigenvalue weighted by atomic mass is 9.48. The highest BCUT2D eigenvalue weighted by Crippen LogP contribution is 2.60. The zero-order chi connectivity index (χ0) is 23.4. The molecule has 4 aromatic rings. The van der Waals surface area contributed by atoms with Crippen LogP contribution in [0.4, 0.5) is 0 Å². The minimum absolute atomic E-state index is 0.224. The summed E-state index contributed by atoms with van der Waals surface area (Å²) in [6.45, 7) is 0. The molecule has 0 atom stereocenters. The number of rotatable bonds is 4. The molecule has 1 heterocycles. The van der Waals surface area contributed by atoms with Crippen LogP contribution in [0, 0.1) is 17.8 Å². The first-order chi connectivity index (χ1) is 17.1. The van der Waals surface area contributed by atoms with Crippen molar-refractivity contribution in [1.82, 2.24) is 15.0 Å². The third-order valence-corrected chi connectivity index (χ3v) is 8.82. The smallest absolute Gasteiger partial charge is 0.208 e. The Labute approximate surface area is 211 Å². The van der Waals surface area contributed by atoms with Gasteiger partial charge in [0.2, 0.25) is 5.28 Å². The van der Waals surface area contributed by atoms with Gasteiger partial charge in [0.1, 0.15) is 0 Å². The highest BCUT2D eigenvalue weighted by molar-refractivity contribution is 6.28. The van der Waals surface area contributed by atoms with Gasteiger partial charge in [-0.3, -0.25) is 0 Å². The fourth-order valence-corrected chi connectivity index (χ4v) is 7.65. The van der Waals surface area contributed by atoms with E-state index in [9.17, 15) is 0 Å². The van der Waals surface area contributed by atoms with E-state index in [2.05, 4.69) is 70.6 Å². The minimum Gasteiger partial charge on any atom is -0.208 e. The summed E-state index contributed by atoms with van der Waals surface area (Å²) in [7, 11) is 0. The molecule has 8 rings (SSSR count). The van der Waals surface area contributed by atoms with Gasteiger partial charge < -0.3 is 0 Å². The van der Waals surface area contributed by atoms with E-state index >= 15 is 0 Å². The van der Waals surface area contributed by atoms with Crippen molar-refractivity contribution in [3.63, 3.8) is 0 Å². The Morgan fingerprint density at radius 3 is 1.54 bits per heavy atom. The summed E-state index contributed by atoms with van der Waals surface area (Å²) in [5.74, 6) is 4.06. The van der Waals surface area contributed by atoms with Crippen LogP contribution in [0.5, 0.6) is 0 Å². The molecule has 4 saturated carbocycles. The van der Waals surface area contributed by atoms with E-state index in [0.29, 0.717) is 17.1 Å². The first-order valence-corrected chi connectivity index (χ1v) is 13.2. The normalized spacial score (nSPS) is 26.7. The molecule has 3 aromatic carbocycles. The van der Waals surface area contributed by atoms with Crippen molar-refractivity contribution in [2.45, 2.75) is 43.9 Å². The van der Waals surface area contributed by atoms with Crippen LogP contribution in [-0.2, 0) is 5.41 Å². The van der Waals surface area contributed by atoms with Gasteiger partial charge in [0, 0.05) is 11.1 Å². The van der Waals surface area contributed by atoms with E-state index in [1.54, 1.807) is 0 Å². The van der Waals surface area contributed by atoms with Gasteiger partial charge in [-0.25, -0.2) is 4.98 Å². The Morgan fingerprint density at radius 1 is 0.543 bits per heavy atom. The second-order valence-electron chi connectivity index (χ2n) is 11.0. The molecule has 35 heavy (non-hydrogen) atoms. The monoisotopic (exact) mass is 477 g/mol. The van der Waals surface area contributed by atoms with Crippen LogP contribution in [0.3, 0.4) is 0 Å². The van der Waals surface area contributed by atoms with Crippen molar-refractivity contribution in [2.75, 3.05) is 0 Å². The highest BCUT2D eigenvalue weighted by atomic mass is 35.5. The van der Waals surface area contributed by atoms with Crippen LogP contribution in [-0.4, -0.2) is 15.0 Å². The first-order valence-electron chi connectivity index (χ1n) is 12.8. The van der Waals surface area contributed by atoms with E-state index in [-0.39, 0.29) is 5.28 Å². The molecular formula is C31H28ClN3. The maximum Gasteiger partial charge on any atom is 0.226 e. The van der Waals surface area contributed by atoms with E-state index in [1.165, 1.54) is 49.7 Å². The summed E-state index contributed by atoms with van der Waals surface area (Å²) in [4.78, 5) is 13.7. The van der Waals surface area contributed by atoms with Gasteiger partial charge >= 0.3 is 0 Å². The van der Waals surface area contributed by atoms with Crippen molar-refractivity contribution >= 4 is 11.6 Å². The molecule has 3 nitrogen and oxygen atoms in total. The Hall–Kier alpha value is -3.04. The molecule has 4 aliphatic carbocycles. The van der Waals surface area contributed by atoms with Crippen LogP contribution >= 0.6 is 11.6 Å². The van der Waals surface area contributed by atoms with Crippen LogP contribution in [0.15, 0.2) is 78.9 Å². The summed E-state index contributed by atoms with van der Waals surface area (Å²) >= 11 is 6.36. The number of hydrogen-bond acceptors (Lipinski definition) is 3. The molecule has 174 valence electrons. The zero-order valence-corrected chi connectivity index (χ0v) is 20.5. The predicted molar refractivity (Wildman–Crippen MR) is 141 cm³/mol. The molecule has 0 N–H and O–H groups in total. The summed E-state index contributed by atoms with van der Waals surface area (Å²) in [6.07, 6.45) is 8.53. The molecule has 4 fully saturated rings. The second-order valence-corrected chi connectivity index (χ2v) is 11.3. The minimum atomic E-state index is 0.224. The summed E-state index contributed by atoms with van der Waals surface area (Å²) < 4.78 is 0. The van der Waals surface area contributed by atoms with Gasteiger partial charge in [0.05, 0.1) is 0 Å². The van der Waals surface area contributed by atoms with Crippen molar-refractivity contribution in [1.29, 1.82) is 0 Å². The molecule has 4 aliphatic rings. The molecule has 0 saturated heterocycles.